The van der Waals surface area contributed by atoms with E-state index in [1.165, 1.54) is 17.8 Å². The number of hydrogen-bond donors (Lipinski definition) is 0. The number of nitro benzene ring substituents is 1. The molecule has 33 heavy (non-hydrogen) atoms. The normalized spacial score (nSPS) is 13.8. The van der Waals surface area contributed by atoms with Crippen LogP contribution < -0.4 is 14.4 Å². The molecule has 0 spiro atoms. The molecule has 8 nitrogen and oxygen atoms in total. The summed E-state index contributed by atoms with van der Waals surface area (Å²) in [5.41, 5.74) is 3.80. The number of non-ortho nitro benzene ring substituents is 1. The van der Waals surface area contributed by atoms with Gasteiger partial charge in [-0.05, 0) is 65.7 Å². The molecule has 0 radical (unpaired) electrons. The van der Waals surface area contributed by atoms with Crippen molar-refractivity contribution in [2.75, 3.05) is 38.3 Å². The van der Waals surface area contributed by atoms with Crippen LogP contribution in [0.5, 0.6) is 11.5 Å². The van der Waals surface area contributed by atoms with Crippen molar-refractivity contribution in [3.8, 4) is 11.5 Å². The van der Waals surface area contributed by atoms with Crippen LogP contribution in [0.1, 0.15) is 11.1 Å². The van der Waals surface area contributed by atoms with Gasteiger partial charge in [0.25, 0.3) is 5.69 Å². The van der Waals surface area contributed by atoms with E-state index in [0.717, 1.165) is 43.1 Å². The van der Waals surface area contributed by atoms with E-state index >= 15 is 0 Å². The number of methoxy groups -OCH3 is 1. The Morgan fingerprint density at radius 3 is 2.42 bits per heavy atom. The molecule has 1 heterocycles. The van der Waals surface area contributed by atoms with Gasteiger partial charge >= 0.3 is 0 Å². The summed E-state index contributed by atoms with van der Waals surface area (Å²) < 4.78 is 16.7. The first-order chi connectivity index (χ1) is 16.1. The van der Waals surface area contributed by atoms with Gasteiger partial charge < -0.3 is 19.1 Å². The van der Waals surface area contributed by atoms with E-state index < -0.39 is 4.92 Å². The van der Waals surface area contributed by atoms with Gasteiger partial charge in [-0.25, -0.2) is 0 Å². The molecule has 3 aromatic rings. The number of morpholine rings is 1. The first-order valence-corrected chi connectivity index (χ1v) is 10.6. The third-order valence-corrected chi connectivity index (χ3v) is 5.32. The van der Waals surface area contributed by atoms with Crippen molar-refractivity contribution < 1.29 is 19.1 Å². The minimum absolute atomic E-state index is 0.0516. The third-order valence-electron chi connectivity index (χ3n) is 5.32. The molecule has 8 heteroatoms. The molecular formula is C25H25N3O5. The molecule has 0 aromatic heterocycles. The molecule has 1 fully saturated rings. The van der Waals surface area contributed by atoms with Gasteiger partial charge in [-0.3, -0.25) is 15.1 Å². The summed E-state index contributed by atoms with van der Waals surface area (Å²) in [5.74, 6) is 1.17. The first kappa shape index (κ1) is 22.3. The van der Waals surface area contributed by atoms with Crippen LogP contribution in [-0.4, -0.2) is 44.6 Å². The fourth-order valence-electron chi connectivity index (χ4n) is 3.48. The highest BCUT2D eigenvalue weighted by Gasteiger charge is 2.11. The number of hydrogen-bond acceptors (Lipinski definition) is 7. The predicted molar refractivity (Wildman–Crippen MR) is 127 cm³/mol. The number of aliphatic imine (C=N–C) groups is 1. The van der Waals surface area contributed by atoms with E-state index in [-0.39, 0.29) is 12.3 Å². The van der Waals surface area contributed by atoms with E-state index in [9.17, 15) is 10.1 Å². The Morgan fingerprint density at radius 1 is 1.03 bits per heavy atom. The molecular weight excluding hydrogens is 422 g/mol. The van der Waals surface area contributed by atoms with Crippen molar-refractivity contribution in [3.05, 3.63) is 88.0 Å². The Labute approximate surface area is 192 Å². The molecule has 4 rings (SSSR count). The Bertz CT molecular complexity index is 1110. The molecule has 0 saturated carbocycles. The van der Waals surface area contributed by atoms with E-state index in [4.69, 9.17) is 14.2 Å². The maximum Gasteiger partial charge on any atom is 0.269 e. The standard InChI is InChI=1S/C25H25N3O5/c1-31-25-16-20(4-11-24(25)33-18-19-2-7-23(8-3-19)28(29)30)17-26-21-5-9-22(10-6-21)27-12-14-32-15-13-27/h2-11,16-17H,12-15,18H2,1H3. The van der Waals surface area contributed by atoms with Crippen LogP contribution in [0.15, 0.2) is 71.7 Å². The second kappa shape index (κ2) is 10.6. The number of ether oxygens (including phenoxy) is 3. The van der Waals surface area contributed by atoms with Crippen LogP contribution >= 0.6 is 0 Å². The fraction of sp³-hybridized carbons (Fsp3) is 0.240. The van der Waals surface area contributed by atoms with Crippen LogP contribution in [0.2, 0.25) is 0 Å². The zero-order valence-corrected chi connectivity index (χ0v) is 18.3. The molecule has 1 aliphatic rings. The summed E-state index contributed by atoms with van der Waals surface area (Å²) in [6.07, 6.45) is 1.78. The topological polar surface area (TPSA) is 86.4 Å². The average Bonchev–Trinajstić information content (AvgIpc) is 2.87. The number of anilines is 1. The second-order valence-corrected chi connectivity index (χ2v) is 7.50. The highest BCUT2D eigenvalue weighted by molar-refractivity contribution is 5.83. The van der Waals surface area contributed by atoms with Gasteiger partial charge in [0, 0.05) is 37.1 Å². The lowest BCUT2D eigenvalue weighted by Crippen LogP contribution is -2.36. The van der Waals surface area contributed by atoms with E-state index in [1.54, 1.807) is 25.5 Å². The van der Waals surface area contributed by atoms with Crippen LogP contribution in [0.4, 0.5) is 17.1 Å². The minimum atomic E-state index is -0.424. The van der Waals surface area contributed by atoms with Gasteiger partial charge in [0.2, 0.25) is 0 Å². The Balaban J connectivity index is 1.38. The maximum atomic E-state index is 10.8. The van der Waals surface area contributed by atoms with Crippen molar-refractivity contribution in [1.29, 1.82) is 0 Å². The molecule has 1 aliphatic heterocycles. The molecule has 0 N–H and O–H groups in total. The third kappa shape index (κ3) is 5.87. The summed E-state index contributed by atoms with van der Waals surface area (Å²) >= 11 is 0. The summed E-state index contributed by atoms with van der Waals surface area (Å²) in [4.78, 5) is 17.2. The summed E-state index contributed by atoms with van der Waals surface area (Å²) in [7, 11) is 1.58. The smallest absolute Gasteiger partial charge is 0.269 e. The Hall–Kier alpha value is -3.91. The zero-order valence-electron chi connectivity index (χ0n) is 18.3. The van der Waals surface area contributed by atoms with Gasteiger partial charge in [-0.1, -0.05) is 0 Å². The van der Waals surface area contributed by atoms with Crippen molar-refractivity contribution in [1.82, 2.24) is 0 Å². The fourth-order valence-corrected chi connectivity index (χ4v) is 3.48. The maximum absolute atomic E-state index is 10.8. The molecule has 170 valence electrons. The van der Waals surface area contributed by atoms with Gasteiger partial charge in [-0.2, -0.15) is 0 Å². The molecule has 0 atom stereocenters. The van der Waals surface area contributed by atoms with Gasteiger partial charge in [0.1, 0.15) is 6.61 Å². The van der Waals surface area contributed by atoms with Crippen molar-refractivity contribution in [2.24, 2.45) is 4.99 Å². The lowest BCUT2D eigenvalue weighted by atomic mass is 10.2. The second-order valence-electron chi connectivity index (χ2n) is 7.50. The quantitative estimate of drug-likeness (QED) is 0.281. The molecule has 0 unspecified atom stereocenters. The number of nitrogens with zero attached hydrogens (tertiary/aromatic N) is 3. The van der Waals surface area contributed by atoms with Crippen molar-refractivity contribution >= 4 is 23.3 Å². The van der Waals surface area contributed by atoms with E-state index in [1.807, 2.05) is 30.3 Å². The van der Waals surface area contributed by atoms with Crippen LogP contribution in [0.25, 0.3) is 0 Å². The summed E-state index contributed by atoms with van der Waals surface area (Å²) in [5, 5.41) is 10.8. The molecule has 0 aliphatic carbocycles. The lowest BCUT2D eigenvalue weighted by Gasteiger charge is -2.28. The predicted octanol–water partition coefficient (Wildman–Crippen LogP) is 4.77. The van der Waals surface area contributed by atoms with Crippen LogP contribution in [-0.2, 0) is 11.3 Å². The van der Waals surface area contributed by atoms with Crippen LogP contribution in [0, 0.1) is 10.1 Å². The SMILES string of the molecule is COc1cc(C=Nc2ccc(N3CCOCC3)cc2)ccc1OCc1ccc([N+](=O)[O-])cc1. The molecule has 3 aromatic carbocycles. The minimum Gasteiger partial charge on any atom is -0.493 e. The summed E-state index contributed by atoms with van der Waals surface area (Å²) in [6, 6.07) is 20.0. The van der Waals surface area contributed by atoms with E-state index in [0.29, 0.717) is 11.5 Å². The number of nitro groups is 1. The molecule has 0 amide bonds. The molecule has 1 saturated heterocycles. The van der Waals surface area contributed by atoms with Crippen molar-refractivity contribution in [3.63, 3.8) is 0 Å². The molecule has 0 bridgehead atoms. The average molecular weight is 447 g/mol. The number of rotatable bonds is 8. The van der Waals surface area contributed by atoms with Gasteiger partial charge in [0.05, 0.1) is 30.9 Å². The highest BCUT2D eigenvalue weighted by Crippen LogP contribution is 2.29. The van der Waals surface area contributed by atoms with Crippen LogP contribution in [0.3, 0.4) is 0 Å². The van der Waals surface area contributed by atoms with Gasteiger partial charge in [-0.15, -0.1) is 0 Å². The lowest BCUT2D eigenvalue weighted by molar-refractivity contribution is -0.384. The Kier molecular flexibility index (Phi) is 7.16. The monoisotopic (exact) mass is 447 g/mol. The summed E-state index contributed by atoms with van der Waals surface area (Å²) in [6.45, 7) is 3.60. The first-order valence-electron chi connectivity index (χ1n) is 10.6. The largest absolute Gasteiger partial charge is 0.493 e. The van der Waals surface area contributed by atoms with Crippen molar-refractivity contribution in [2.45, 2.75) is 6.61 Å². The van der Waals surface area contributed by atoms with Gasteiger partial charge in [0.15, 0.2) is 11.5 Å². The number of benzene rings is 3. The Morgan fingerprint density at radius 2 is 1.76 bits per heavy atom. The zero-order chi connectivity index (χ0) is 23.0. The van der Waals surface area contributed by atoms with E-state index in [2.05, 4.69) is 22.0 Å². The highest BCUT2D eigenvalue weighted by atomic mass is 16.6.